The molecular formula is C42H48N12O4. The lowest BCUT2D eigenvalue weighted by Gasteiger charge is -2.21. The Bertz CT molecular complexity index is 2090. The van der Waals surface area contributed by atoms with Crippen molar-refractivity contribution in [1.29, 1.82) is 0 Å². The number of anilines is 10. The number of para-hydroxylation sites is 2. The number of hydrogen-bond acceptors (Lipinski definition) is 16. The summed E-state index contributed by atoms with van der Waals surface area (Å²) in [6.07, 6.45) is 4.13. The van der Waals surface area contributed by atoms with Gasteiger partial charge in [0.15, 0.2) is 0 Å². The number of rotatable bonds is 20. The molecule has 6 aromatic rings. The Kier molecular flexibility index (Phi) is 14.4. The van der Waals surface area contributed by atoms with Crippen LogP contribution in [0.15, 0.2) is 97.1 Å². The average molecular weight is 785 g/mol. The molecule has 0 aliphatic carbocycles. The number of aliphatic hydroxyl groups excluding tert-OH is 4. The summed E-state index contributed by atoms with van der Waals surface area (Å²) in [6.45, 7) is 4.55. The molecule has 6 rings (SSSR count). The van der Waals surface area contributed by atoms with E-state index in [0.717, 1.165) is 45.0 Å². The molecule has 8 N–H and O–H groups in total. The van der Waals surface area contributed by atoms with Gasteiger partial charge in [-0.2, -0.15) is 29.9 Å². The Labute approximate surface area is 337 Å². The zero-order valence-corrected chi connectivity index (χ0v) is 32.4. The van der Waals surface area contributed by atoms with Gasteiger partial charge in [-0.05, 0) is 84.6 Å². The molecule has 0 bridgehead atoms. The number of nitrogens with one attached hydrogen (secondary N) is 4. The van der Waals surface area contributed by atoms with E-state index in [9.17, 15) is 20.4 Å². The van der Waals surface area contributed by atoms with Crippen molar-refractivity contribution in [3.8, 4) is 0 Å². The summed E-state index contributed by atoms with van der Waals surface area (Å²) in [5.74, 6) is 1.88. The zero-order chi connectivity index (χ0) is 40.7. The van der Waals surface area contributed by atoms with E-state index in [-0.39, 0.29) is 52.6 Å². The molecule has 2 aromatic heterocycles. The fourth-order valence-electron chi connectivity index (χ4n) is 5.96. The van der Waals surface area contributed by atoms with Gasteiger partial charge in [-0.25, -0.2) is 0 Å². The predicted octanol–water partition coefficient (Wildman–Crippen LogP) is 5.40. The Morgan fingerprint density at radius 2 is 0.759 bits per heavy atom. The van der Waals surface area contributed by atoms with Gasteiger partial charge in [0.05, 0.1) is 26.4 Å². The van der Waals surface area contributed by atoms with E-state index >= 15 is 0 Å². The van der Waals surface area contributed by atoms with Crippen LogP contribution in [0.3, 0.4) is 0 Å². The minimum atomic E-state index is -0.126. The molecule has 0 fully saturated rings. The maximum absolute atomic E-state index is 9.63. The molecule has 16 heteroatoms. The van der Waals surface area contributed by atoms with Crippen LogP contribution in [-0.4, -0.2) is 103 Å². The van der Waals surface area contributed by atoms with Crippen LogP contribution in [0.5, 0.6) is 0 Å². The van der Waals surface area contributed by atoms with Crippen molar-refractivity contribution >= 4 is 70.6 Å². The van der Waals surface area contributed by atoms with Gasteiger partial charge in [0.25, 0.3) is 0 Å². The summed E-state index contributed by atoms with van der Waals surface area (Å²) >= 11 is 0. The van der Waals surface area contributed by atoms with Crippen LogP contribution in [0.25, 0.3) is 12.2 Å². The van der Waals surface area contributed by atoms with Crippen LogP contribution in [0.2, 0.25) is 0 Å². The first-order chi connectivity index (χ1) is 28.3. The second-order valence-corrected chi connectivity index (χ2v) is 13.1. The van der Waals surface area contributed by atoms with Crippen molar-refractivity contribution in [2.45, 2.75) is 13.8 Å². The fraction of sp³-hybridized carbons (Fsp3) is 0.238. The summed E-state index contributed by atoms with van der Waals surface area (Å²) in [5, 5.41) is 51.5. The number of aryl methyl sites for hydroxylation is 2. The maximum Gasteiger partial charge on any atom is 0.233 e. The molecule has 300 valence electrons. The minimum absolute atomic E-state index is 0.126. The monoisotopic (exact) mass is 784 g/mol. The van der Waals surface area contributed by atoms with E-state index in [1.807, 2.05) is 111 Å². The number of hydrogen-bond donors (Lipinski definition) is 8. The Hall–Kier alpha value is -6.72. The van der Waals surface area contributed by atoms with Crippen molar-refractivity contribution in [2.24, 2.45) is 0 Å². The molecule has 0 spiro atoms. The summed E-state index contributed by atoms with van der Waals surface area (Å²) in [7, 11) is 0. The number of nitrogens with zero attached hydrogens (tertiary/aromatic N) is 8. The van der Waals surface area contributed by atoms with Crippen molar-refractivity contribution < 1.29 is 20.4 Å². The molecule has 0 unspecified atom stereocenters. The highest BCUT2D eigenvalue weighted by Gasteiger charge is 2.16. The van der Waals surface area contributed by atoms with E-state index in [1.54, 1.807) is 9.80 Å². The highest BCUT2D eigenvalue weighted by Crippen LogP contribution is 2.26. The van der Waals surface area contributed by atoms with Crippen molar-refractivity contribution in [2.75, 3.05) is 83.7 Å². The largest absolute Gasteiger partial charge is 0.395 e. The SMILES string of the molecule is Cc1cc(Nc2nc(Nc3ccccc3)nc(N(CCO)CCO)n2)ccc1C=Cc1ccc(Nc2nc(Nc3ccccc3)nc(N(CCO)CCO)n2)cc1C. The molecular weight excluding hydrogens is 737 g/mol. The Morgan fingerprint density at radius 3 is 1.07 bits per heavy atom. The second-order valence-electron chi connectivity index (χ2n) is 13.1. The van der Waals surface area contributed by atoms with E-state index in [2.05, 4.69) is 63.3 Å². The van der Waals surface area contributed by atoms with Crippen LogP contribution in [0.1, 0.15) is 22.3 Å². The molecule has 0 radical (unpaired) electrons. The topological polar surface area (TPSA) is 213 Å². The lowest BCUT2D eigenvalue weighted by Crippen LogP contribution is -2.31. The van der Waals surface area contributed by atoms with Crippen molar-refractivity contribution in [1.82, 2.24) is 29.9 Å². The molecule has 0 saturated carbocycles. The molecule has 2 heterocycles. The summed E-state index contributed by atoms with van der Waals surface area (Å²) in [6, 6.07) is 31.1. The predicted molar refractivity (Wildman–Crippen MR) is 230 cm³/mol. The van der Waals surface area contributed by atoms with E-state index in [1.165, 1.54) is 0 Å². The number of benzene rings is 4. The lowest BCUT2D eigenvalue weighted by molar-refractivity contribution is 0.279. The number of aromatic nitrogens is 6. The fourth-order valence-corrected chi connectivity index (χ4v) is 5.96. The first-order valence-electron chi connectivity index (χ1n) is 18.9. The van der Waals surface area contributed by atoms with Gasteiger partial charge in [-0.15, -0.1) is 0 Å². The van der Waals surface area contributed by atoms with Gasteiger partial charge in [-0.3, -0.25) is 0 Å². The maximum atomic E-state index is 9.63. The van der Waals surface area contributed by atoms with Crippen molar-refractivity contribution in [3.05, 3.63) is 119 Å². The molecule has 0 aliphatic heterocycles. The highest BCUT2D eigenvalue weighted by atomic mass is 16.3. The molecule has 0 saturated heterocycles. The lowest BCUT2D eigenvalue weighted by atomic mass is 10.0. The molecule has 4 aromatic carbocycles. The van der Waals surface area contributed by atoms with Crippen LogP contribution < -0.4 is 31.1 Å². The molecule has 58 heavy (non-hydrogen) atoms. The molecule has 0 aliphatic rings. The first kappa shape index (κ1) is 40.9. The Morgan fingerprint density at radius 1 is 0.431 bits per heavy atom. The van der Waals surface area contributed by atoms with Gasteiger partial charge in [0.1, 0.15) is 0 Å². The smallest absolute Gasteiger partial charge is 0.233 e. The van der Waals surface area contributed by atoms with Crippen LogP contribution >= 0.6 is 0 Å². The van der Waals surface area contributed by atoms with Gasteiger partial charge in [-0.1, -0.05) is 60.7 Å². The minimum Gasteiger partial charge on any atom is -0.395 e. The van der Waals surface area contributed by atoms with Crippen LogP contribution in [-0.2, 0) is 0 Å². The Balaban J connectivity index is 1.18. The average Bonchev–Trinajstić information content (AvgIpc) is 3.21. The molecule has 16 nitrogen and oxygen atoms in total. The van der Waals surface area contributed by atoms with Gasteiger partial charge in [0.2, 0.25) is 35.7 Å². The van der Waals surface area contributed by atoms with Crippen molar-refractivity contribution in [3.63, 3.8) is 0 Å². The number of aliphatic hydroxyl groups is 4. The van der Waals surface area contributed by atoms with E-state index in [4.69, 9.17) is 0 Å². The quantitative estimate of drug-likeness (QED) is 0.0455. The summed E-state index contributed by atoms with van der Waals surface area (Å²) < 4.78 is 0. The summed E-state index contributed by atoms with van der Waals surface area (Å²) in [5.41, 5.74) is 7.27. The van der Waals surface area contributed by atoms with E-state index in [0.29, 0.717) is 35.7 Å². The highest BCUT2D eigenvalue weighted by molar-refractivity contribution is 5.75. The third-order valence-corrected chi connectivity index (χ3v) is 8.85. The second kappa shape index (κ2) is 20.4. The molecule has 0 atom stereocenters. The third kappa shape index (κ3) is 11.4. The van der Waals surface area contributed by atoms with E-state index < -0.39 is 0 Å². The molecule has 0 amide bonds. The summed E-state index contributed by atoms with van der Waals surface area (Å²) in [4.78, 5) is 30.9. The van der Waals surface area contributed by atoms with Gasteiger partial charge < -0.3 is 51.5 Å². The van der Waals surface area contributed by atoms with Gasteiger partial charge in [0, 0.05) is 48.9 Å². The first-order valence-corrected chi connectivity index (χ1v) is 18.9. The normalized spacial score (nSPS) is 11.1. The van der Waals surface area contributed by atoms with Crippen LogP contribution in [0, 0.1) is 13.8 Å². The zero-order valence-electron chi connectivity index (χ0n) is 32.4. The standard InChI is InChI=1S/C42H48N12O4/c1-29-27-35(45-39-47-37(43-33-9-5-3-6-10-33)49-41(51-39)53(19-23-55)20-24-56)17-15-31(29)13-14-32-16-18-36(28-30(32)2)46-40-48-38(44-34-11-7-4-8-12-34)50-42(52-40)54(21-25-57)22-26-58/h3-18,27-28,55-58H,19-26H2,1-2H3,(H2,43,45,47,49,51)(H2,44,46,48,50,52). The third-order valence-electron chi connectivity index (χ3n) is 8.85. The van der Waals surface area contributed by atoms with Gasteiger partial charge >= 0.3 is 0 Å². The van der Waals surface area contributed by atoms with Crippen LogP contribution in [0.4, 0.5) is 58.4 Å².